The zero-order valence-corrected chi connectivity index (χ0v) is 18.1. The first-order valence-electron chi connectivity index (χ1n) is 10.6. The van der Waals surface area contributed by atoms with Crippen LogP contribution in [0.3, 0.4) is 0 Å². The molecular formula is C23H25N5O4. The van der Waals surface area contributed by atoms with Crippen molar-refractivity contribution in [2.24, 2.45) is 0 Å². The number of furan rings is 1. The monoisotopic (exact) mass is 435 g/mol. The fraction of sp³-hybridized carbons (Fsp3) is 0.348. The Morgan fingerprint density at radius 1 is 1.19 bits per heavy atom. The number of methoxy groups -OCH3 is 2. The Balaban J connectivity index is 1.66. The number of ketones is 1. The van der Waals surface area contributed by atoms with Gasteiger partial charge in [-0.3, -0.25) is 9.69 Å². The van der Waals surface area contributed by atoms with Gasteiger partial charge < -0.3 is 24.9 Å². The standard InChI is InChI=1S/C23H25N5O4/c1-30-19-10-13-15(11-20(19)31-2)26-23(27-22(13)24)28-16-7-4-3-6-14(16)25-12-17(28)21(29)18-8-5-9-32-18/h5,8-11,17,25H,3-4,6-7,12H2,1-2H3,(H2,24,26,27). The number of anilines is 2. The van der Waals surface area contributed by atoms with Crippen molar-refractivity contribution in [3.05, 3.63) is 47.7 Å². The first kappa shape index (κ1) is 20.2. The summed E-state index contributed by atoms with van der Waals surface area (Å²) >= 11 is 0. The molecule has 5 rings (SSSR count). The molecule has 9 nitrogen and oxygen atoms in total. The summed E-state index contributed by atoms with van der Waals surface area (Å²) in [7, 11) is 3.14. The summed E-state index contributed by atoms with van der Waals surface area (Å²) in [5.41, 5.74) is 9.14. The van der Waals surface area contributed by atoms with E-state index < -0.39 is 6.04 Å². The molecule has 1 unspecified atom stereocenters. The van der Waals surface area contributed by atoms with Crippen molar-refractivity contribution in [2.75, 3.05) is 31.4 Å². The molecule has 0 saturated heterocycles. The Hall–Kier alpha value is -3.75. The van der Waals surface area contributed by atoms with Crippen molar-refractivity contribution in [3.63, 3.8) is 0 Å². The molecule has 1 atom stereocenters. The number of nitrogens with two attached hydrogens (primary N) is 1. The highest BCUT2D eigenvalue weighted by molar-refractivity contribution is 6.01. The van der Waals surface area contributed by atoms with Crippen molar-refractivity contribution in [2.45, 2.75) is 31.7 Å². The maximum Gasteiger partial charge on any atom is 0.233 e. The lowest BCUT2D eigenvalue weighted by Gasteiger charge is -2.40. The molecule has 0 amide bonds. The van der Waals surface area contributed by atoms with Crippen LogP contribution >= 0.6 is 0 Å². The van der Waals surface area contributed by atoms with E-state index in [0.717, 1.165) is 37.1 Å². The van der Waals surface area contributed by atoms with Gasteiger partial charge in [0, 0.05) is 29.4 Å². The number of benzene rings is 1. The number of carbonyl (C=O) groups excluding carboxylic acids is 1. The van der Waals surface area contributed by atoms with Crippen molar-refractivity contribution in [1.82, 2.24) is 15.3 Å². The molecule has 2 aliphatic rings. The smallest absolute Gasteiger partial charge is 0.233 e. The molecule has 0 radical (unpaired) electrons. The largest absolute Gasteiger partial charge is 0.493 e. The van der Waals surface area contributed by atoms with Gasteiger partial charge in [0.2, 0.25) is 11.7 Å². The van der Waals surface area contributed by atoms with E-state index in [9.17, 15) is 4.79 Å². The summed E-state index contributed by atoms with van der Waals surface area (Å²) in [4.78, 5) is 24.7. The predicted octanol–water partition coefficient (Wildman–Crippen LogP) is 3.27. The summed E-state index contributed by atoms with van der Waals surface area (Å²) in [5, 5.41) is 4.11. The number of Topliss-reactive ketones (excluding diaryl/α,β-unsaturated/α-hetero) is 1. The Kier molecular flexibility index (Phi) is 5.08. The Bertz CT molecular complexity index is 1200. The van der Waals surface area contributed by atoms with E-state index in [4.69, 9.17) is 24.6 Å². The fourth-order valence-electron chi connectivity index (χ4n) is 4.47. The summed E-state index contributed by atoms with van der Waals surface area (Å²) in [6.07, 6.45) is 5.41. The first-order valence-corrected chi connectivity index (χ1v) is 10.6. The molecule has 3 aromatic rings. The lowest BCUT2D eigenvalue weighted by molar-refractivity contribution is 0.0928. The highest BCUT2D eigenvalue weighted by atomic mass is 16.5. The summed E-state index contributed by atoms with van der Waals surface area (Å²) < 4.78 is 16.2. The minimum atomic E-state index is -0.546. The van der Waals surface area contributed by atoms with Gasteiger partial charge in [-0.15, -0.1) is 0 Å². The highest BCUT2D eigenvalue weighted by Crippen LogP contribution is 2.37. The molecule has 32 heavy (non-hydrogen) atoms. The van der Waals surface area contributed by atoms with Crippen LogP contribution in [0.4, 0.5) is 11.8 Å². The topological polar surface area (TPSA) is 116 Å². The van der Waals surface area contributed by atoms with Gasteiger partial charge in [-0.2, -0.15) is 4.98 Å². The predicted molar refractivity (Wildman–Crippen MR) is 120 cm³/mol. The molecule has 2 aromatic heterocycles. The third-order valence-electron chi connectivity index (χ3n) is 6.05. The van der Waals surface area contributed by atoms with E-state index in [1.54, 1.807) is 38.5 Å². The van der Waals surface area contributed by atoms with E-state index in [0.29, 0.717) is 46.5 Å². The second-order valence-corrected chi connectivity index (χ2v) is 7.87. The van der Waals surface area contributed by atoms with Crippen LogP contribution in [0.5, 0.6) is 11.5 Å². The number of hydrogen-bond donors (Lipinski definition) is 2. The van der Waals surface area contributed by atoms with E-state index in [-0.39, 0.29) is 5.78 Å². The Morgan fingerprint density at radius 3 is 2.72 bits per heavy atom. The molecule has 0 spiro atoms. The number of allylic oxidation sites excluding steroid dienone is 2. The number of nitrogen functional groups attached to an aromatic ring is 1. The van der Waals surface area contributed by atoms with Crippen molar-refractivity contribution in [1.29, 1.82) is 0 Å². The summed E-state index contributed by atoms with van der Waals surface area (Å²) in [6, 6.07) is 6.38. The van der Waals surface area contributed by atoms with Crippen LogP contribution in [0.15, 0.2) is 46.3 Å². The molecule has 3 heterocycles. The Morgan fingerprint density at radius 2 is 1.97 bits per heavy atom. The number of nitrogens with zero attached hydrogens (tertiary/aromatic N) is 3. The first-order chi connectivity index (χ1) is 15.6. The maximum absolute atomic E-state index is 13.3. The molecule has 1 aliphatic heterocycles. The molecular weight excluding hydrogens is 410 g/mol. The third-order valence-corrected chi connectivity index (χ3v) is 6.05. The average molecular weight is 435 g/mol. The lowest BCUT2D eigenvalue weighted by atomic mass is 9.95. The number of rotatable bonds is 5. The quantitative estimate of drug-likeness (QED) is 0.583. The molecule has 166 valence electrons. The Labute approximate surface area is 185 Å². The fourth-order valence-corrected chi connectivity index (χ4v) is 4.47. The SMILES string of the molecule is COc1cc2nc(N3C4=C(CCCC4)NCC3C(=O)c3ccco3)nc(N)c2cc1OC. The van der Waals surface area contributed by atoms with Gasteiger partial charge in [0.05, 0.1) is 26.0 Å². The zero-order chi connectivity index (χ0) is 22.2. The van der Waals surface area contributed by atoms with Crippen LogP contribution in [-0.4, -0.2) is 42.6 Å². The third kappa shape index (κ3) is 3.30. The number of nitrogens with one attached hydrogen (secondary N) is 1. The van der Waals surface area contributed by atoms with Gasteiger partial charge in [0.25, 0.3) is 0 Å². The summed E-state index contributed by atoms with van der Waals surface area (Å²) in [6.45, 7) is 0.436. The van der Waals surface area contributed by atoms with E-state index >= 15 is 0 Å². The minimum Gasteiger partial charge on any atom is -0.493 e. The molecule has 1 aromatic carbocycles. The molecule has 0 saturated carbocycles. The van der Waals surface area contributed by atoms with Crippen LogP contribution in [0.2, 0.25) is 0 Å². The average Bonchev–Trinajstić information content (AvgIpc) is 3.37. The van der Waals surface area contributed by atoms with Gasteiger partial charge >= 0.3 is 0 Å². The molecule has 9 heteroatoms. The van der Waals surface area contributed by atoms with E-state index in [1.807, 2.05) is 4.90 Å². The number of fused-ring (bicyclic) bond motifs is 1. The van der Waals surface area contributed by atoms with Crippen molar-refractivity contribution in [3.8, 4) is 11.5 Å². The molecule has 1 aliphatic carbocycles. The van der Waals surface area contributed by atoms with Crippen LogP contribution in [0.1, 0.15) is 36.2 Å². The van der Waals surface area contributed by atoms with E-state index in [1.165, 1.54) is 6.26 Å². The second-order valence-electron chi connectivity index (χ2n) is 7.87. The van der Waals surface area contributed by atoms with Crippen LogP contribution < -0.4 is 25.4 Å². The maximum atomic E-state index is 13.3. The number of ether oxygens (including phenoxy) is 2. The minimum absolute atomic E-state index is 0.130. The van der Waals surface area contributed by atoms with Gasteiger partial charge in [0.1, 0.15) is 11.9 Å². The molecule has 0 fully saturated rings. The number of hydrogen-bond acceptors (Lipinski definition) is 9. The summed E-state index contributed by atoms with van der Waals surface area (Å²) in [5.74, 6) is 1.98. The van der Waals surface area contributed by atoms with Gasteiger partial charge in [0.15, 0.2) is 17.3 Å². The van der Waals surface area contributed by atoms with Crippen LogP contribution in [-0.2, 0) is 0 Å². The van der Waals surface area contributed by atoms with Crippen molar-refractivity contribution >= 4 is 28.5 Å². The molecule has 0 bridgehead atoms. The number of aromatic nitrogens is 2. The second kappa shape index (κ2) is 8.07. The van der Waals surface area contributed by atoms with Gasteiger partial charge in [-0.1, -0.05) is 0 Å². The van der Waals surface area contributed by atoms with Crippen molar-refractivity contribution < 1.29 is 18.7 Å². The van der Waals surface area contributed by atoms with Gasteiger partial charge in [-0.05, 0) is 43.9 Å². The zero-order valence-electron chi connectivity index (χ0n) is 18.1. The molecule has 3 N–H and O–H groups in total. The van der Waals surface area contributed by atoms with Crippen LogP contribution in [0.25, 0.3) is 10.9 Å². The normalized spacial score (nSPS) is 18.3. The lowest BCUT2D eigenvalue weighted by Crippen LogP contribution is -2.53. The van der Waals surface area contributed by atoms with Crippen LogP contribution in [0, 0.1) is 0 Å². The van der Waals surface area contributed by atoms with E-state index in [2.05, 4.69) is 10.3 Å². The van der Waals surface area contributed by atoms with Gasteiger partial charge in [-0.25, -0.2) is 4.98 Å². The highest BCUT2D eigenvalue weighted by Gasteiger charge is 2.38. The number of carbonyl (C=O) groups is 1.